The molecule has 0 aromatic heterocycles. The molecule has 296 valence electrons. The van der Waals surface area contributed by atoms with Crippen LogP contribution in [-0.2, 0) is 32.1 Å². The normalized spacial score (nSPS) is 14.8. The van der Waals surface area contributed by atoms with Gasteiger partial charge in [0.05, 0.1) is 31.2 Å². The molecule has 53 heavy (non-hydrogen) atoms. The third-order valence-corrected chi connectivity index (χ3v) is 10.5. The minimum absolute atomic E-state index is 0.00963. The van der Waals surface area contributed by atoms with E-state index >= 15 is 0 Å². The van der Waals surface area contributed by atoms with Crippen LogP contribution in [0.25, 0.3) is 0 Å². The fourth-order valence-corrected chi connectivity index (χ4v) is 6.53. The second-order valence-electron chi connectivity index (χ2n) is 15.5. The van der Waals surface area contributed by atoms with Gasteiger partial charge in [-0.25, -0.2) is 4.79 Å². The van der Waals surface area contributed by atoms with Gasteiger partial charge >= 0.3 is 6.09 Å². The van der Waals surface area contributed by atoms with Gasteiger partial charge in [-0.2, -0.15) is 0 Å². The third-order valence-electron chi connectivity index (χ3n) is 10.5. The summed E-state index contributed by atoms with van der Waals surface area (Å²) in [5.74, 6) is -1.33. The van der Waals surface area contributed by atoms with Crippen LogP contribution in [0, 0.1) is 52.4 Å². The van der Waals surface area contributed by atoms with E-state index in [9.17, 15) is 29.4 Å². The van der Waals surface area contributed by atoms with Gasteiger partial charge in [-0.15, -0.1) is 0 Å². The molecule has 3 unspecified atom stereocenters. The van der Waals surface area contributed by atoms with Gasteiger partial charge in [0.25, 0.3) is 0 Å². The zero-order valence-corrected chi connectivity index (χ0v) is 33.9. The number of ether oxygens (including phenoxy) is 1. The summed E-state index contributed by atoms with van der Waals surface area (Å²) in [6.45, 7) is 21.7. The number of rotatable bonds is 20. The Labute approximate surface area is 317 Å². The van der Waals surface area contributed by atoms with Crippen molar-refractivity contribution in [2.45, 2.75) is 145 Å². The van der Waals surface area contributed by atoms with E-state index < -0.39 is 54.1 Å². The molecule has 2 aromatic carbocycles. The average molecular weight is 739 g/mol. The second-order valence-corrected chi connectivity index (χ2v) is 15.5. The molecule has 0 aliphatic carbocycles. The van der Waals surface area contributed by atoms with Crippen LogP contribution in [0.15, 0.2) is 30.3 Å². The van der Waals surface area contributed by atoms with Crippen LogP contribution in [0.5, 0.6) is 0 Å². The molecular formula is C42H66N4O7. The smallest absolute Gasteiger partial charge is 0.408 e. The zero-order chi connectivity index (χ0) is 40.0. The Morgan fingerprint density at radius 1 is 0.698 bits per heavy atom. The first-order valence-electron chi connectivity index (χ1n) is 19.1. The lowest BCUT2D eigenvalue weighted by molar-refractivity contribution is -0.132. The minimum atomic E-state index is -1.21. The first kappa shape index (κ1) is 45.2. The molecule has 11 heteroatoms. The highest BCUT2D eigenvalue weighted by molar-refractivity contribution is 5.91. The van der Waals surface area contributed by atoms with Gasteiger partial charge in [-0.05, 0) is 104 Å². The molecule has 0 saturated heterocycles. The Hall–Kier alpha value is -3.96. The summed E-state index contributed by atoms with van der Waals surface area (Å²) in [5, 5.41) is 32.4. The van der Waals surface area contributed by atoms with Crippen molar-refractivity contribution in [3.05, 3.63) is 69.3 Å². The van der Waals surface area contributed by atoms with Gasteiger partial charge < -0.3 is 36.2 Å². The Balaban J connectivity index is 2.36. The number of carbonyl (C=O) groups is 4. The summed E-state index contributed by atoms with van der Waals surface area (Å²) in [7, 11) is 0. The quantitative estimate of drug-likeness (QED) is 0.106. The second kappa shape index (κ2) is 21.7. The Morgan fingerprint density at radius 2 is 1.25 bits per heavy atom. The maximum absolute atomic E-state index is 14.2. The number of benzene rings is 2. The van der Waals surface area contributed by atoms with Crippen molar-refractivity contribution in [1.82, 2.24) is 21.3 Å². The van der Waals surface area contributed by atoms with E-state index in [1.807, 2.05) is 99.6 Å². The topological polar surface area (TPSA) is 166 Å². The Morgan fingerprint density at radius 3 is 1.77 bits per heavy atom. The number of aliphatic hydroxyl groups excluding tert-OH is 2. The maximum Gasteiger partial charge on any atom is 0.408 e. The standard InChI is InChI=1S/C42H66N4O7/c1-12-26(6)37(22-47)43-39(49)21-38(48)34(18-24(2)3)44-40(50)35(19-25(4)5)45-41(51)36(46-42(52)53-23-32-16-14-13-15-17-32)20-33-30(10)28(8)27(7)29(9)31(33)11/h13-17,24-26,34-38,47-48H,12,18-23H2,1-11H3,(H,43,49)(H,44,50)(H,45,51)(H,46,52)/t26?,34?,35-,36-,37+,38?/m0/s1. The first-order chi connectivity index (χ1) is 24.9. The summed E-state index contributed by atoms with van der Waals surface area (Å²) < 4.78 is 5.50. The molecule has 0 bridgehead atoms. The lowest BCUT2D eigenvalue weighted by atomic mass is 9.86. The molecule has 6 atom stereocenters. The molecule has 2 aromatic rings. The Kier molecular flexibility index (Phi) is 18.5. The van der Waals surface area contributed by atoms with Crippen LogP contribution in [-0.4, -0.2) is 70.9 Å². The van der Waals surface area contributed by atoms with Crippen LogP contribution < -0.4 is 21.3 Å². The lowest BCUT2D eigenvalue weighted by Crippen LogP contribution is -2.57. The SMILES string of the molecule is CCC(C)[C@@H](CO)NC(=O)CC(O)C(CC(C)C)NC(=O)[C@H](CC(C)C)NC(=O)[C@H](Cc1c(C)c(C)c(C)c(C)c1C)NC(=O)OCc1ccccc1. The van der Waals surface area contributed by atoms with Crippen LogP contribution in [0.2, 0.25) is 0 Å². The molecule has 6 N–H and O–H groups in total. The number of amides is 4. The van der Waals surface area contributed by atoms with Gasteiger partial charge in [0, 0.05) is 6.42 Å². The van der Waals surface area contributed by atoms with Crippen molar-refractivity contribution < 1.29 is 34.1 Å². The van der Waals surface area contributed by atoms with Gasteiger partial charge in [-0.3, -0.25) is 14.4 Å². The van der Waals surface area contributed by atoms with Crippen LogP contribution >= 0.6 is 0 Å². The number of aliphatic hydroxyl groups is 2. The van der Waals surface area contributed by atoms with Crippen molar-refractivity contribution in [2.75, 3.05) is 6.61 Å². The van der Waals surface area contributed by atoms with Crippen molar-refractivity contribution >= 4 is 23.8 Å². The van der Waals surface area contributed by atoms with Crippen LogP contribution in [0.3, 0.4) is 0 Å². The van der Waals surface area contributed by atoms with Crippen molar-refractivity contribution in [2.24, 2.45) is 17.8 Å². The van der Waals surface area contributed by atoms with E-state index in [2.05, 4.69) is 28.2 Å². The summed E-state index contributed by atoms with van der Waals surface area (Å²) >= 11 is 0. The van der Waals surface area contributed by atoms with Gasteiger partial charge in [0.15, 0.2) is 0 Å². The van der Waals surface area contributed by atoms with Gasteiger partial charge in [-0.1, -0.05) is 78.3 Å². The van der Waals surface area contributed by atoms with E-state index in [1.54, 1.807) is 0 Å². The molecule has 0 radical (unpaired) electrons. The van der Waals surface area contributed by atoms with Crippen molar-refractivity contribution in [1.29, 1.82) is 0 Å². The molecule has 0 fully saturated rings. The highest BCUT2D eigenvalue weighted by atomic mass is 16.5. The van der Waals surface area contributed by atoms with Crippen molar-refractivity contribution in [3.8, 4) is 0 Å². The average Bonchev–Trinajstić information content (AvgIpc) is 3.11. The van der Waals surface area contributed by atoms with E-state index in [-0.39, 0.29) is 43.8 Å². The minimum Gasteiger partial charge on any atom is -0.445 e. The molecule has 0 heterocycles. The molecule has 4 amide bonds. The molecule has 0 aliphatic rings. The lowest BCUT2D eigenvalue weighted by Gasteiger charge is -2.30. The van der Waals surface area contributed by atoms with E-state index in [0.29, 0.717) is 12.8 Å². The summed E-state index contributed by atoms with van der Waals surface area (Å²) in [6, 6.07) is 5.97. The monoisotopic (exact) mass is 738 g/mol. The number of hydrogen-bond donors (Lipinski definition) is 6. The number of carbonyl (C=O) groups excluding carboxylic acids is 4. The number of alkyl carbamates (subject to hydrolysis) is 1. The number of nitrogens with one attached hydrogen (secondary N) is 4. The van der Waals surface area contributed by atoms with E-state index in [0.717, 1.165) is 39.8 Å². The summed E-state index contributed by atoms with van der Waals surface area (Å²) in [5.41, 5.74) is 7.20. The van der Waals surface area contributed by atoms with Crippen molar-refractivity contribution in [3.63, 3.8) is 0 Å². The molecule has 0 spiro atoms. The molecule has 0 aliphatic heterocycles. The molecule has 0 saturated carbocycles. The maximum atomic E-state index is 14.2. The summed E-state index contributed by atoms with van der Waals surface area (Å²) in [6.07, 6.45) is -0.613. The predicted molar refractivity (Wildman–Crippen MR) is 209 cm³/mol. The van der Waals surface area contributed by atoms with Gasteiger partial charge in [0.1, 0.15) is 18.7 Å². The number of hydrogen-bond acceptors (Lipinski definition) is 7. The predicted octanol–water partition coefficient (Wildman–Crippen LogP) is 5.40. The molecule has 11 nitrogen and oxygen atoms in total. The molecule has 2 rings (SSSR count). The third kappa shape index (κ3) is 14.1. The van der Waals surface area contributed by atoms with Crippen LogP contribution in [0.4, 0.5) is 4.79 Å². The first-order valence-corrected chi connectivity index (χ1v) is 19.1. The van der Waals surface area contributed by atoms with E-state index in [1.165, 1.54) is 5.56 Å². The highest BCUT2D eigenvalue weighted by Crippen LogP contribution is 2.27. The Bertz CT molecular complexity index is 1480. The fourth-order valence-electron chi connectivity index (χ4n) is 6.53. The summed E-state index contributed by atoms with van der Waals surface area (Å²) in [4.78, 5) is 54.2. The fraction of sp³-hybridized carbons (Fsp3) is 0.619. The van der Waals surface area contributed by atoms with Crippen LogP contribution in [0.1, 0.15) is 106 Å². The van der Waals surface area contributed by atoms with E-state index in [4.69, 9.17) is 4.74 Å². The zero-order valence-electron chi connectivity index (χ0n) is 33.9. The highest BCUT2D eigenvalue weighted by Gasteiger charge is 2.32. The molecular weight excluding hydrogens is 672 g/mol. The largest absolute Gasteiger partial charge is 0.445 e. The van der Waals surface area contributed by atoms with Gasteiger partial charge in [0.2, 0.25) is 17.7 Å².